The molecule has 0 aliphatic rings. The third-order valence-electron chi connectivity index (χ3n) is 3.43. The average Bonchev–Trinajstić information content (AvgIpc) is 2.50. The number of nitrogens with two attached hydrogens (primary N) is 2. The lowest BCUT2D eigenvalue weighted by Gasteiger charge is -2.30. The number of hydrazine groups is 1. The number of hydrogen-bond donors (Lipinski definition) is 2. The van der Waals surface area contributed by atoms with Crippen molar-refractivity contribution in [3.05, 3.63) is 47.2 Å². The van der Waals surface area contributed by atoms with Crippen LogP contribution in [-0.2, 0) is 6.42 Å². The van der Waals surface area contributed by atoms with Gasteiger partial charge in [0, 0.05) is 37.1 Å². The highest BCUT2D eigenvalue weighted by Crippen LogP contribution is 2.17. The molecule has 1 aromatic carbocycles. The van der Waals surface area contributed by atoms with Gasteiger partial charge in [0.1, 0.15) is 6.29 Å². The quantitative estimate of drug-likeness (QED) is 0.332. The Bertz CT molecular complexity index is 537. The van der Waals surface area contributed by atoms with Crippen molar-refractivity contribution in [2.24, 2.45) is 22.5 Å². The molecule has 0 aliphatic carbocycles. The van der Waals surface area contributed by atoms with Crippen LogP contribution in [0.2, 0.25) is 0 Å². The number of aldehydes is 1. The number of hydrogen-bond acceptors (Lipinski definition) is 5. The lowest BCUT2D eigenvalue weighted by Crippen LogP contribution is -2.46. The van der Waals surface area contributed by atoms with Crippen molar-refractivity contribution in [1.29, 1.82) is 0 Å². The SMILES string of the molecule is CN=CC(=CN)[C@H](Cc1ccccc1C=O)N(N)CC(C)C. The van der Waals surface area contributed by atoms with Gasteiger partial charge in [-0.25, -0.2) is 5.01 Å². The monoisotopic (exact) mass is 302 g/mol. The summed E-state index contributed by atoms with van der Waals surface area (Å²) in [5.74, 6) is 6.67. The normalized spacial score (nSPS) is 14.0. The molecule has 0 heterocycles. The van der Waals surface area contributed by atoms with E-state index < -0.39 is 0 Å². The zero-order chi connectivity index (χ0) is 16.5. The summed E-state index contributed by atoms with van der Waals surface area (Å²) < 4.78 is 0. The van der Waals surface area contributed by atoms with Crippen LogP contribution in [0.25, 0.3) is 0 Å². The molecule has 0 aromatic heterocycles. The Morgan fingerprint density at radius 2 is 2.05 bits per heavy atom. The second-order valence-electron chi connectivity index (χ2n) is 5.68. The summed E-state index contributed by atoms with van der Waals surface area (Å²) in [4.78, 5) is 15.3. The number of rotatable bonds is 8. The molecule has 1 atom stereocenters. The maximum absolute atomic E-state index is 11.2. The minimum atomic E-state index is -0.128. The summed E-state index contributed by atoms with van der Waals surface area (Å²) in [5.41, 5.74) is 8.21. The Balaban J connectivity index is 3.11. The van der Waals surface area contributed by atoms with Crippen LogP contribution in [0, 0.1) is 5.92 Å². The van der Waals surface area contributed by atoms with Crippen LogP contribution in [0.15, 0.2) is 41.0 Å². The van der Waals surface area contributed by atoms with Crippen LogP contribution >= 0.6 is 0 Å². The first kappa shape index (κ1) is 18.1. The Morgan fingerprint density at radius 3 is 2.59 bits per heavy atom. The van der Waals surface area contributed by atoms with Crippen LogP contribution in [0.5, 0.6) is 0 Å². The van der Waals surface area contributed by atoms with Crippen molar-refractivity contribution < 1.29 is 4.79 Å². The van der Waals surface area contributed by atoms with Gasteiger partial charge in [-0.05, 0) is 17.9 Å². The highest BCUT2D eigenvalue weighted by molar-refractivity contribution is 5.81. The van der Waals surface area contributed by atoms with Crippen molar-refractivity contribution in [2.75, 3.05) is 13.6 Å². The molecule has 0 bridgehead atoms. The van der Waals surface area contributed by atoms with Crippen molar-refractivity contribution in [3.8, 4) is 0 Å². The van der Waals surface area contributed by atoms with Crippen molar-refractivity contribution in [3.63, 3.8) is 0 Å². The maximum atomic E-state index is 11.2. The van der Waals surface area contributed by atoms with E-state index in [0.717, 1.165) is 24.0 Å². The molecule has 0 saturated heterocycles. The van der Waals surface area contributed by atoms with Crippen molar-refractivity contribution in [1.82, 2.24) is 5.01 Å². The zero-order valence-electron chi connectivity index (χ0n) is 13.6. The Morgan fingerprint density at radius 1 is 1.36 bits per heavy atom. The second kappa shape index (κ2) is 9.12. The van der Waals surface area contributed by atoms with E-state index in [-0.39, 0.29) is 6.04 Å². The van der Waals surface area contributed by atoms with Gasteiger partial charge in [0.15, 0.2) is 0 Å². The molecule has 22 heavy (non-hydrogen) atoms. The van der Waals surface area contributed by atoms with Crippen LogP contribution in [0.1, 0.15) is 29.8 Å². The van der Waals surface area contributed by atoms with E-state index in [1.807, 2.05) is 24.3 Å². The third kappa shape index (κ3) is 5.09. The van der Waals surface area contributed by atoms with Crippen molar-refractivity contribution >= 4 is 12.5 Å². The molecule has 0 radical (unpaired) electrons. The van der Waals surface area contributed by atoms with E-state index >= 15 is 0 Å². The Labute approximate surface area is 132 Å². The number of aliphatic imine (C=N–C) groups is 1. The van der Waals surface area contributed by atoms with E-state index in [0.29, 0.717) is 17.9 Å². The fourth-order valence-corrected chi connectivity index (χ4v) is 2.41. The van der Waals surface area contributed by atoms with E-state index in [1.165, 1.54) is 6.20 Å². The number of carbonyl (C=O) groups excluding carboxylic acids is 1. The van der Waals surface area contributed by atoms with E-state index in [2.05, 4.69) is 18.8 Å². The molecule has 0 spiro atoms. The molecular formula is C17H26N4O. The lowest BCUT2D eigenvalue weighted by molar-refractivity contribution is 0.112. The van der Waals surface area contributed by atoms with Gasteiger partial charge in [0.2, 0.25) is 0 Å². The fraction of sp³-hybridized carbons (Fsp3) is 0.412. The predicted octanol–water partition coefficient (Wildman–Crippen LogP) is 1.79. The van der Waals surface area contributed by atoms with E-state index in [9.17, 15) is 4.79 Å². The molecule has 120 valence electrons. The summed E-state index contributed by atoms with van der Waals surface area (Å²) in [6.45, 7) is 4.94. The molecule has 1 rings (SSSR count). The average molecular weight is 302 g/mol. The van der Waals surface area contributed by atoms with Gasteiger partial charge in [0.25, 0.3) is 0 Å². The summed E-state index contributed by atoms with van der Waals surface area (Å²) in [6.07, 6.45) is 4.72. The van der Waals surface area contributed by atoms with Gasteiger partial charge in [-0.15, -0.1) is 0 Å². The molecule has 0 fully saturated rings. The number of carbonyl (C=O) groups is 1. The van der Waals surface area contributed by atoms with E-state index in [1.54, 1.807) is 18.3 Å². The van der Waals surface area contributed by atoms with Crippen LogP contribution in [0.3, 0.4) is 0 Å². The van der Waals surface area contributed by atoms with E-state index in [4.69, 9.17) is 11.6 Å². The van der Waals surface area contributed by atoms with Crippen LogP contribution < -0.4 is 11.6 Å². The molecule has 5 nitrogen and oxygen atoms in total. The first-order chi connectivity index (χ1) is 10.5. The molecule has 0 amide bonds. The van der Waals surface area contributed by atoms with Crippen LogP contribution in [0.4, 0.5) is 0 Å². The lowest BCUT2D eigenvalue weighted by atomic mass is 9.95. The topological polar surface area (TPSA) is 84.7 Å². The van der Waals surface area contributed by atoms with Crippen LogP contribution in [-0.4, -0.2) is 37.1 Å². The first-order valence-corrected chi connectivity index (χ1v) is 7.41. The molecule has 4 N–H and O–H groups in total. The largest absolute Gasteiger partial charge is 0.404 e. The molecule has 0 unspecified atom stereocenters. The minimum absolute atomic E-state index is 0.128. The zero-order valence-corrected chi connectivity index (χ0v) is 13.6. The van der Waals surface area contributed by atoms with Gasteiger partial charge in [-0.2, -0.15) is 0 Å². The predicted molar refractivity (Wildman–Crippen MR) is 91.7 cm³/mol. The minimum Gasteiger partial charge on any atom is -0.404 e. The standard InChI is InChI=1S/C17H26N4O/c1-13(2)11-21(19)17(16(9-18)10-20-3)8-14-6-4-5-7-15(14)12-22/h4-7,9-10,12-13,17H,8,11,18-19H2,1-3H3/t17-/m0/s1. The Hall–Kier alpha value is -1.98. The maximum Gasteiger partial charge on any atom is 0.150 e. The first-order valence-electron chi connectivity index (χ1n) is 7.41. The highest BCUT2D eigenvalue weighted by Gasteiger charge is 2.21. The second-order valence-corrected chi connectivity index (χ2v) is 5.68. The summed E-state index contributed by atoms with van der Waals surface area (Å²) in [6, 6.07) is 7.39. The smallest absolute Gasteiger partial charge is 0.150 e. The Kier molecular flexibility index (Phi) is 7.49. The molecule has 1 aromatic rings. The summed E-state index contributed by atoms with van der Waals surface area (Å²) in [5, 5.41) is 1.77. The molecular weight excluding hydrogens is 276 g/mol. The van der Waals surface area contributed by atoms with Gasteiger partial charge in [0.05, 0.1) is 6.04 Å². The number of benzene rings is 1. The molecule has 5 heteroatoms. The summed E-state index contributed by atoms with van der Waals surface area (Å²) in [7, 11) is 1.70. The number of nitrogens with zero attached hydrogens (tertiary/aromatic N) is 2. The van der Waals surface area contributed by atoms with Gasteiger partial charge >= 0.3 is 0 Å². The third-order valence-corrected chi connectivity index (χ3v) is 3.43. The molecule has 0 saturated carbocycles. The summed E-state index contributed by atoms with van der Waals surface area (Å²) >= 11 is 0. The van der Waals surface area contributed by atoms with Gasteiger partial charge in [-0.3, -0.25) is 15.6 Å². The molecule has 0 aliphatic heterocycles. The van der Waals surface area contributed by atoms with Gasteiger partial charge in [-0.1, -0.05) is 38.1 Å². The fourth-order valence-electron chi connectivity index (χ4n) is 2.41. The van der Waals surface area contributed by atoms with Crippen molar-refractivity contribution in [2.45, 2.75) is 26.3 Å². The van der Waals surface area contributed by atoms with Gasteiger partial charge < -0.3 is 5.73 Å². The highest BCUT2D eigenvalue weighted by atomic mass is 16.1.